The molecule has 7 heteroatoms. The molecule has 0 aromatic carbocycles. The Bertz CT molecular complexity index is 302. The van der Waals surface area contributed by atoms with Crippen molar-refractivity contribution < 1.29 is 24.2 Å². The first-order valence-electron chi connectivity index (χ1n) is 7.52. The van der Waals surface area contributed by atoms with Crippen LogP contribution in [0.5, 0.6) is 0 Å². The van der Waals surface area contributed by atoms with Crippen LogP contribution in [0.4, 0.5) is 4.79 Å². The molecule has 0 aliphatic heterocycles. The van der Waals surface area contributed by atoms with Crippen LogP contribution in [0.25, 0.3) is 0 Å². The van der Waals surface area contributed by atoms with Crippen molar-refractivity contribution in [3.8, 4) is 0 Å². The van der Waals surface area contributed by atoms with E-state index in [2.05, 4.69) is 9.37 Å². The lowest BCUT2D eigenvalue weighted by molar-refractivity contribution is -0.777. The van der Waals surface area contributed by atoms with E-state index < -0.39 is 5.60 Å². The van der Waals surface area contributed by atoms with E-state index in [1.54, 1.807) is 0 Å². The van der Waals surface area contributed by atoms with Gasteiger partial charge in [-0.25, -0.2) is 4.79 Å². The van der Waals surface area contributed by atoms with Crippen molar-refractivity contribution in [2.45, 2.75) is 70.9 Å². The molecule has 1 fully saturated rings. The normalized spacial score (nSPS) is 16.8. The maximum atomic E-state index is 12.4. The van der Waals surface area contributed by atoms with Crippen LogP contribution in [0.3, 0.4) is 0 Å². The quantitative estimate of drug-likeness (QED) is 0.311. The van der Waals surface area contributed by atoms with E-state index in [9.17, 15) is 10.1 Å². The van der Waals surface area contributed by atoms with Crippen LogP contribution >= 0.6 is 12.0 Å². The Kier molecular flexibility index (Phi) is 8.39. The highest BCUT2D eigenvalue weighted by molar-refractivity contribution is 7.94. The third kappa shape index (κ3) is 7.90. The molecule has 0 aromatic rings. The van der Waals surface area contributed by atoms with E-state index in [1.165, 1.54) is 6.42 Å². The largest absolute Gasteiger partial charge is 0.691 e. The van der Waals surface area contributed by atoms with Crippen LogP contribution in [-0.2, 0) is 14.1 Å². The summed E-state index contributed by atoms with van der Waals surface area (Å²) in [7, 11) is 0. The van der Waals surface area contributed by atoms with Gasteiger partial charge in [0.25, 0.3) is 0 Å². The van der Waals surface area contributed by atoms with Gasteiger partial charge < -0.3 is 14.9 Å². The van der Waals surface area contributed by atoms with E-state index in [1.807, 2.05) is 25.7 Å². The predicted molar refractivity (Wildman–Crippen MR) is 79.1 cm³/mol. The van der Waals surface area contributed by atoms with Gasteiger partial charge in [0.1, 0.15) is 5.60 Å². The number of nitrogens with zero attached hydrogens (tertiary/aromatic N) is 1. The Morgan fingerprint density at radius 1 is 1.29 bits per heavy atom. The molecule has 0 radical (unpaired) electrons. The highest BCUT2D eigenvalue weighted by atomic mass is 32.2. The maximum absolute atomic E-state index is 12.4. The van der Waals surface area contributed by atoms with Gasteiger partial charge in [0, 0.05) is 30.4 Å². The van der Waals surface area contributed by atoms with Crippen molar-refractivity contribution >= 4 is 18.1 Å². The molecule has 6 nitrogen and oxygen atoms in total. The standard InChI is InChI=1S/C14H27NO5S/c1-14(2,3)18-13(16)15(10-7-11-21-20-19-17)12-8-5-4-6-9-12/h12,17H,4-11H2,1-3H3/p-1. The van der Waals surface area contributed by atoms with Gasteiger partial charge in [0.05, 0.1) is 0 Å². The zero-order chi connectivity index (χ0) is 15.7. The lowest BCUT2D eigenvalue weighted by Gasteiger charge is -2.35. The van der Waals surface area contributed by atoms with Gasteiger partial charge in [0.15, 0.2) is 0 Å². The van der Waals surface area contributed by atoms with Gasteiger partial charge in [0.2, 0.25) is 0 Å². The Labute approximate surface area is 131 Å². The van der Waals surface area contributed by atoms with E-state index in [4.69, 9.17) is 4.74 Å². The van der Waals surface area contributed by atoms with Crippen molar-refractivity contribution in [2.24, 2.45) is 0 Å². The zero-order valence-corrected chi connectivity index (χ0v) is 13.9. The molecule has 21 heavy (non-hydrogen) atoms. The lowest BCUT2D eigenvalue weighted by Crippen LogP contribution is -2.44. The topological polar surface area (TPSA) is 71.1 Å². The first-order chi connectivity index (χ1) is 9.94. The summed E-state index contributed by atoms with van der Waals surface area (Å²) >= 11 is 0.953. The highest BCUT2D eigenvalue weighted by Gasteiger charge is 2.28. The molecule has 0 heterocycles. The van der Waals surface area contributed by atoms with E-state index in [0.717, 1.165) is 44.1 Å². The first-order valence-corrected chi connectivity index (χ1v) is 8.43. The van der Waals surface area contributed by atoms with Crippen molar-refractivity contribution in [3.63, 3.8) is 0 Å². The van der Waals surface area contributed by atoms with Gasteiger partial charge in [-0.1, -0.05) is 19.3 Å². The van der Waals surface area contributed by atoms with Gasteiger partial charge >= 0.3 is 6.09 Å². The van der Waals surface area contributed by atoms with Crippen molar-refractivity contribution in [3.05, 3.63) is 0 Å². The maximum Gasteiger partial charge on any atom is 0.410 e. The van der Waals surface area contributed by atoms with E-state index >= 15 is 0 Å². The molecule has 0 unspecified atom stereocenters. The number of rotatable bonds is 7. The molecule has 0 saturated heterocycles. The lowest BCUT2D eigenvalue weighted by atomic mass is 9.94. The van der Waals surface area contributed by atoms with E-state index in [0.29, 0.717) is 12.3 Å². The molecule has 1 aliphatic rings. The van der Waals surface area contributed by atoms with Crippen LogP contribution in [-0.4, -0.2) is 34.9 Å². The number of carbonyl (C=O) groups is 1. The SMILES string of the molecule is CC(C)(C)OC(=O)N(CCCSOO[O-])C1CCCCC1. The van der Waals surface area contributed by atoms with Crippen LogP contribution in [0, 0.1) is 0 Å². The molecule has 1 saturated carbocycles. The second-order valence-corrected chi connectivity index (χ2v) is 7.06. The van der Waals surface area contributed by atoms with Crippen LogP contribution in [0.2, 0.25) is 0 Å². The molecule has 0 N–H and O–H groups in total. The van der Waals surface area contributed by atoms with Gasteiger partial charge in [-0.15, -0.1) is 0 Å². The smallest absolute Gasteiger partial charge is 0.410 e. The molecule has 1 rings (SSSR count). The fourth-order valence-corrected chi connectivity index (χ4v) is 2.84. The fourth-order valence-electron chi connectivity index (χ4n) is 2.48. The molecule has 124 valence electrons. The molecule has 0 aromatic heterocycles. The van der Waals surface area contributed by atoms with Crippen molar-refractivity contribution in [1.29, 1.82) is 0 Å². The third-order valence-electron chi connectivity index (χ3n) is 3.35. The number of hydrogen-bond acceptors (Lipinski definition) is 6. The molecular formula is C14H26NO5S-. The second-order valence-electron chi connectivity index (χ2n) is 6.28. The minimum Gasteiger partial charge on any atom is -0.691 e. The molecule has 0 spiro atoms. The fraction of sp³-hybridized carbons (Fsp3) is 0.929. The van der Waals surface area contributed by atoms with E-state index in [-0.39, 0.29) is 12.1 Å². The average molecular weight is 320 g/mol. The molecular weight excluding hydrogens is 294 g/mol. The summed E-state index contributed by atoms with van der Waals surface area (Å²) < 4.78 is 9.73. The Balaban J connectivity index is 2.50. The minimum absolute atomic E-state index is 0.250. The minimum atomic E-state index is -0.488. The third-order valence-corrected chi connectivity index (χ3v) is 3.95. The Hall–Kier alpha value is -0.500. The first kappa shape index (κ1) is 18.5. The van der Waals surface area contributed by atoms with Gasteiger partial charge in [-0.2, -0.15) is 4.33 Å². The average Bonchev–Trinajstić information content (AvgIpc) is 2.41. The summed E-state index contributed by atoms with van der Waals surface area (Å²) in [5.74, 6) is 0.592. The molecule has 1 amide bonds. The Morgan fingerprint density at radius 2 is 1.95 bits per heavy atom. The summed E-state index contributed by atoms with van der Waals surface area (Å²) in [6, 6.07) is 0.260. The van der Waals surface area contributed by atoms with Crippen LogP contribution in [0.15, 0.2) is 0 Å². The number of amides is 1. The van der Waals surface area contributed by atoms with Gasteiger partial charge in [-0.3, -0.25) is 5.04 Å². The number of ether oxygens (including phenoxy) is 1. The molecule has 0 atom stereocenters. The summed E-state index contributed by atoms with van der Waals surface area (Å²) in [6.07, 6.45) is 6.10. The highest BCUT2D eigenvalue weighted by Crippen LogP contribution is 2.24. The Morgan fingerprint density at radius 3 is 2.52 bits per heavy atom. The zero-order valence-electron chi connectivity index (χ0n) is 13.1. The van der Waals surface area contributed by atoms with Crippen molar-refractivity contribution in [1.82, 2.24) is 4.90 Å². The number of carbonyl (C=O) groups excluding carboxylic acids is 1. The van der Waals surface area contributed by atoms with Crippen molar-refractivity contribution in [2.75, 3.05) is 12.3 Å². The molecule has 1 aliphatic carbocycles. The van der Waals surface area contributed by atoms with Crippen LogP contribution < -0.4 is 5.26 Å². The second kappa shape index (κ2) is 9.50. The summed E-state index contributed by atoms with van der Waals surface area (Å²) in [5.41, 5.74) is -0.488. The summed E-state index contributed by atoms with van der Waals surface area (Å²) in [5, 5.41) is 13.0. The van der Waals surface area contributed by atoms with Crippen LogP contribution in [0.1, 0.15) is 59.3 Å². The summed E-state index contributed by atoms with van der Waals surface area (Å²) in [6.45, 7) is 6.23. The monoisotopic (exact) mass is 320 g/mol. The summed E-state index contributed by atoms with van der Waals surface area (Å²) in [4.78, 5) is 14.2. The number of hydrogen-bond donors (Lipinski definition) is 0. The molecule has 0 bridgehead atoms. The predicted octanol–water partition coefficient (Wildman–Crippen LogP) is 2.82. The van der Waals surface area contributed by atoms with Gasteiger partial charge in [-0.05, 0) is 40.0 Å².